The molecule has 1 amide bonds. The van der Waals surface area contributed by atoms with Gasteiger partial charge < -0.3 is 4.90 Å². The molecule has 0 saturated carbocycles. The number of hydrogen-bond acceptors (Lipinski definition) is 5. The minimum absolute atomic E-state index is 0.0211. The summed E-state index contributed by atoms with van der Waals surface area (Å²) in [5, 5.41) is 1.06. The third-order valence-electron chi connectivity index (χ3n) is 5.00. The van der Waals surface area contributed by atoms with Crippen molar-refractivity contribution < 1.29 is 21.6 Å². The first-order valence-electron chi connectivity index (χ1n) is 9.19. The maximum atomic E-state index is 13.4. The second-order valence-electron chi connectivity index (χ2n) is 7.00. The van der Waals surface area contributed by atoms with Gasteiger partial charge in [-0.3, -0.25) is 9.10 Å². The number of amides is 1. The first kappa shape index (κ1) is 19.7. The molecular formula is C20H20N2O5S2. The van der Waals surface area contributed by atoms with Gasteiger partial charge in [-0.25, -0.2) is 16.8 Å². The molecule has 2 aliphatic heterocycles. The lowest BCUT2D eigenvalue weighted by atomic mass is 10.2. The van der Waals surface area contributed by atoms with Crippen molar-refractivity contribution in [1.29, 1.82) is 0 Å². The van der Waals surface area contributed by atoms with Crippen molar-refractivity contribution in [3.63, 3.8) is 0 Å². The quantitative estimate of drug-likeness (QED) is 0.723. The second kappa shape index (κ2) is 7.31. The summed E-state index contributed by atoms with van der Waals surface area (Å²) in [7, 11) is -7.47. The highest BCUT2D eigenvalue weighted by molar-refractivity contribution is 7.95. The molecule has 29 heavy (non-hydrogen) atoms. The Morgan fingerprint density at radius 2 is 1.69 bits per heavy atom. The van der Waals surface area contributed by atoms with Crippen LogP contribution >= 0.6 is 0 Å². The number of sulfonamides is 1. The fraction of sp³-hybridized carbons (Fsp3) is 0.250. The Balaban J connectivity index is 1.72. The summed E-state index contributed by atoms with van der Waals surface area (Å²) in [6.45, 7) is 0.617. The lowest BCUT2D eigenvalue weighted by molar-refractivity contribution is -0.117. The van der Waals surface area contributed by atoms with Crippen LogP contribution in [0.4, 0.5) is 11.4 Å². The van der Waals surface area contributed by atoms with Crippen LogP contribution in [0.3, 0.4) is 0 Å². The van der Waals surface area contributed by atoms with Gasteiger partial charge in [0.2, 0.25) is 5.91 Å². The molecule has 1 saturated heterocycles. The fourth-order valence-electron chi connectivity index (χ4n) is 3.62. The van der Waals surface area contributed by atoms with E-state index in [-0.39, 0.29) is 16.6 Å². The zero-order valence-corrected chi connectivity index (χ0v) is 17.1. The number of benzene rings is 2. The van der Waals surface area contributed by atoms with Crippen molar-refractivity contribution in [2.24, 2.45) is 0 Å². The standard InChI is InChI=1S/C20H20N2O5S2/c23-20-7-4-13-21(20)16-8-10-19(11-9-16)29(26,27)22(17-5-2-1-3-6-17)18-12-14-28(24,25)15-18/h1-3,5-6,8-12,14,18H,4,7,13,15H2. The molecule has 1 fully saturated rings. The molecule has 1 unspecified atom stereocenters. The molecule has 7 nitrogen and oxygen atoms in total. The predicted molar refractivity (Wildman–Crippen MR) is 111 cm³/mol. The molecular weight excluding hydrogens is 412 g/mol. The van der Waals surface area contributed by atoms with Crippen LogP contribution in [0.1, 0.15) is 12.8 Å². The lowest BCUT2D eigenvalue weighted by Gasteiger charge is -2.29. The van der Waals surface area contributed by atoms with Gasteiger partial charge in [-0.2, -0.15) is 0 Å². The van der Waals surface area contributed by atoms with Crippen LogP contribution in [0.2, 0.25) is 0 Å². The highest BCUT2D eigenvalue weighted by Crippen LogP contribution is 2.31. The number of anilines is 2. The van der Waals surface area contributed by atoms with Gasteiger partial charge in [0, 0.05) is 24.1 Å². The molecule has 0 aromatic heterocycles. The van der Waals surface area contributed by atoms with Crippen LogP contribution in [0.25, 0.3) is 0 Å². The van der Waals surface area contributed by atoms with Crippen molar-refractivity contribution in [2.75, 3.05) is 21.5 Å². The Morgan fingerprint density at radius 1 is 1.00 bits per heavy atom. The number of hydrogen-bond donors (Lipinski definition) is 0. The number of sulfone groups is 1. The molecule has 2 heterocycles. The Labute approximate surface area is 170 Å². The molecule has 0 aliphatic carbocycles. The molecule has 0 radical (unpaired) electrons. The largest absolute Gasteiger partial charge is 0.312 e. The van der Waals surface area contributed by atoms with E-state index in [1.807, 2.05) is 0 Å². The summed E-state index contributed by atoms with van der Waals surface area (Å²) in [5.41, 5.74) is 1.04. The summed E-state index contributed by atoms with van der Waals surface area (Å²) >= 11 is 0. The molecule has 0 spiro atoms. The van der Waals surface area contributed by atoms with E-state index in [1.165, 1.54) is 18.2 Å². The number of carbonyl (C=O) groups is 1. The monoisotopic (exact) mass is 432 g/mol. The number of carbonyl (C=O) groups excluding carboxylic acids is 1. The smallest absolute Gasteiger partial charge is 0.264 e. The van der Waals surface area contributed by atoms with E-state index in [0.29, 0.717) is 24.3 Å². The molecule has 9 heteroatoms. The van der Waals surface area contributed by atoms with Crippen molar-refractivity contribution in [3.05, 3.63) is 66.1 Å². The van der Waals surface area contributed by atoms with E-state index in [4.69, 9.17) is 0 Å². The molecule has 4 rings (SSSR count). The molecule has 1 atom stereocenters. The average molecular weight is 433 g/mol. The minimum atomic E-state index is -4.03. The second-order valence-corrected chi connectivity index (χ2v) is 10.8. The van der Waals surface area contributed by atoms with Crippen LogP contribution in [0, 0.1) is 0 Å². The maximum absolute atomic E-state index is 13.4. The zero-order chi connectivity index (χ0) is 20.6. The number of nitrogens with zero attached hydrogens (tertiary/aromatic N) is 2. The molecule has 152 valence electrons. The van der Waals surface area contributed by atoms with E-state index < -0.39 is 25.9 Å². The normalized spacial score (nSPS) is 20.9. The van der Waals surface area contributed by atoms with Gasteiger partial charge in [0.25, 0.3) is 10.0 Å². The number of para-hydroxylation sites is 1. The maximum Gasteiger partial charge on any atom is 0.264 e. The van der Waals surface area contributed by atoms with E-state index in [0.717, 1.165) is 16.1 Å². The van der Waals surface area contributed by atoms with Gasteiger partial charge in [0.05, 0.1) is 22.4 Å². The van der Waals surface area contributed by atoms with Crippen LogP contribution in [-0.2, 0) is 24.7 Å². The predicted octanol–water partition coefficient (Wildman–Crippen LogP) is 2.32. The van der Waals surface area contributed by atoms with Crippen LogP contribution < -0.4 is 9.21 Å². The first-order chi connectivity index (χ1) is 13.8. The third-order valence-corrected chi connectivity index (χ3v) is 8.25. The minimum Gasteiger partial charge on any atom is -0.312 e. The molecule has 2 aliphatic rings. The summed E-state index contributed by atoms with van der Waals surface area (Å²) in [6.07, 6.45) is 2.67. The van der Waals surface area contributed by atoms with E-state index >= 15 is 0 Å². The molecule has 2 aromatic rings. The molecule has 2 aromatic carbocycles. The summed E-state index contributed by atoms with van der Waals surface area (Å²) in [6, 6.07) is 13.7. The van der Waals surface area contributed by atoms with Gasteiger partial charge in [-0.05, 0) is 48.9 Å². The Morgan fingerprint density at radius 3 is 2.24 bits per heavy atom. The van der Waals surface area contributed by atoms with Gasteiger partial charge in [0.15, 0.2) is 9.84 Å². The van der Waals surface area contributed by atoms with Crippen molar-refractivity contribution >= 4 is 37.1 Å². The van der Waals surface area contributed by atoms with Gasteiger partial charge in [0.1, 0.15) is 0 Å². The summed E-state index contributed by atoms with van der Waals surface area (Å²) in [4.78, 5) is 13.6. The first-order valence-corrected chi connectivity index (χ1v) is 12.3. The summed E-state index contributed by atoms with van der Waals surface area (Å²) < 4.78 is 51.9. The summed E-state index contributed by atoms with van der Waals surface area (Å²) in [5.74, 6) is -0.283. The lowest BCUT2D eigenvalue weighted by Crippen LogP contribution is -2.41. The topological polar surface area (TPSA) is 91.8 Å². The Hall–Kier alpha value is -2.65. The van der Waals surface area contributed by atoms with Crippen LogP contribution in [0.15, 0.2) is 71.0 Å². The molecule has 0 bridgehead atoms. The fourth-order valence-corrected chi connectivity index (χ4v) is 6.59. The third kappa shape index (κ3) is 3.79. The van der Waals surface area contributed by atoms with Crippen LogP contribution in [-0.4, -0.2) is 41.1 Å². The van der Waals surface area contributed by atoms with E-state index in [9.17, 15) is 21.6 Å². The van der Waals surface area contributed by atoms with Crippen LogP contribution in [0.5, 0.6) is 0 Å². The Kier molecular flexibility index (Phi) is 4.95. The average Bonchev–Trinajstić information content (AvgIpc) is 3.27. The van der Waals surface area contributed by atoms with Gasteiger partial charge in [-0.1, -0.05) is 18.2 Å². The van der Waals surface area contributed by atoms with Crippen molar-refractivity contribution in [3.8, 4) is 0 Å². The van der Waals surface area contributed by atoms with Crippen molar-refractivity contribution in [2.45, 2.75) is 23.8 Å². The van der Waals surface area contributed by atoms with Crippen molar-refractivity contribution in [1.82, 2.24) is 0 Å². The highest BCUT2D eigenvalue weighted by atomic mass is 32.2. The number of rotatable bonds is 5. The van der Waals surface area contributed by atoms with E-state index in [2.05, 4.69) is 0 Å². The zero-order valence-electron chi connectivity index (χ0n) is 15.5. The van der Waals surface area contributed by atoms with Gasteiger partial charge in [-0.15, -0.1) is 0 Å². The molecule has 0 N–H and O–H groups in total. The SMILES string of the molecule is O=C1CCCN1c1ccc(S(=O)(=O)N(c2ccccc2)C2C=CS(=O)(=O)C2)cc1. The Bertz CT molecular complexity index is 1160. The highest BCUT2D eigenvalue weighted by Gasteiger charge is 2.36. The van der Waals surface area contributed by atoms with E-state index in [1.54, 1.807) is 47.4 Å². The van der Waals surface area contributed by atoms with Gasteiger partial charge >= 0.3 is 0 Å².